The van der Waals surface area contributed by atoms with Crippen LogP contribution in [-0.4, -0.2) is 51.4 Å². The topological polar surface area (TPSA) is 83.5 Å². The van der Waals surface area contributed by atoms with Gasteiger partial charge in [0.1, 0.15) is 23.9 Å². The summed E-state index contributed by atoms with van der Waals surface area (Å²) >= 11 is 0. The number of carbonyl (C=O) groups excluding carboxylic acids is 2. The summed E-state index contributed by atoms with van der Waals surface area (Å²) in [5.41, 5.74) is 2.48. The van der Waals surface area contributed by atoms with Crippen molar-refractivity contribution in [3.63, 3.8) is 0 Å². The Balaban J connectivity index is 1.80. The van der Waals surface area contributed by atoms with E-state index in [1.54, 1.807) is 26.4 Å². The number of methoxy groups -OCH3 is 3. The highest BCUT2D eigenvalue weighted by molar-refractivity contribution is 5.84. The number of fused-ring (bicyclic) bond motifs is 1. The second kappa shape index (κ2) is 10.9. The third-order valence-electron chi connectivity index (χ3n) is 5.42. The van der Waals surface area contributed by atoms with Crippen LogP contribution in [-0.2, 0) is 27.3 Å². The molecular formula is C25H31NO7. The van der Waals surface area contributed by atoms with Crippen molar-refractivity contribution in [2.75, 3.05) is 34.5 Å². The molecular weight excluding hydrogens is 426 g/mol. The number of nitrogens with zero attached hydrogens (tertiary/aromatic N) is 1. The molecule has 1 unspecified atom stereocenters. The number of hydrogen-bond donors (Lipinski definition) is 0. The predicted molar refractivity (Wildman–Crippen MR) is 122 cm³/mol. The molecule has 0 radical (unpaired) electrons. The summed E-state index contributed by atoms with van der Waals surface area (Å²) < 4.78 is 27.1. The average Bonchev–Trinajstić information content (AvgIpc) is 2.84. The third kappa shape index (κ3) is 5.69. The van der Waals surface area contributed by atoms with Gasteiger partial charge in [-0.2, -0.15) is 0 Å². The fourth-order valence-electron chi connectivity index (χ4n) is 3.73. The summed E-state index contributed by atoms with van der Waals surface area (Å²) in [5, 5.41) is 0. The van der Waals surface area contributed by atoms with E-state index >= 15 is 0 Å². The zero-order valence-corrected chi connectivity index (χ0v) is 19.8. The largest absolute Gasteiger partial charge is 0.497 e. The molecule has 0 N–H and O–H groups in total. The van der Waals surface area contributed by atoms with E-state index in [-0.39, 0.29) is 19.1 Å². The predicted octanol–water partition coefficient (Wildman–Crippen LogP) is 4.15. The molecule has 33 heavy (non-hydrogen) atoms. The highest BCUT2D eigenvalue weighted by Gasteiger charge is 2.38. The van der Waals surface area contributed by atoms with E-state index < -0.39 is 18.1 Å². The van der Waals surface area contributed by atoms with Crippen LogP contribution in [0.2, 0.25) is 0 Å². The van der Waals surface area contributed by atoms with Crippen molar-refractivity contribution in [3.8, 4) is 17.2 Å². The standard InChI is InChI=1S/C25H31NO7/c1-16(2)14-33-25(28)26-11-10-17-12-20(6-8-21(17)23(26)24(27)31-5)32-15-18-13-19(29-3)7-9-22(18)30-4/h6-9,12-13,16,23H,10-11,14-15H2,1-5H3. The second-order valence-electron chi connectivity index (χ2n) is 8.17. The van der Waals surface area contributed by atoms with Gasteiger partial charge in [-0.25, -0.2) is 9.59 Å². The summed E-state index contributed by atoms with van der Waals surface area (Å²) in [7, 11) is 4.53. The van der Waals surface area contributed by atoms with Crippen molar-refractivity contribution in [3.05, 3.63) is 53.1 Å². The van der Waals surface area contributed by atoms with Crippen molar-refractivity contribution < 1.29 is 33.3 Å². The Hall–Kier alpha value is -3.42. The van der Waals surface area contributed by atoms with Gasteiger partial charge in [0.25, 0.3) is 0 Å². The van der Waals surface area contributed by atoms with Crippen LogP contribution in [0.5, 0.6) is 17.2 Å². The smallest absolute Gasteiger partial charge is 0.410 e. The molecule has 1 aliphatic rings. The van der Waals surface area contributed by atoms with E-state index in [4.69, 9.17) is 23.7 Å². The fraction of sp³-hybridized carbons (Fsp3) is 0.440. The molecule has 0 saturated heterocycles. The van der Waals surface area contributed by atoms with Gasteiger partial charge >= 0.3 is 12.1 Å². The molecule has 8 nitrogen and oxygen atoms in total. The average molecular weight is 458 g/mol. The van der Waals surface area contributed by atoms with Gasteiger partial charge in [-0.05, 0) is 53.8 Å². The minimum absolute atomic E-state index is 0.200. The SMILES string of the molecule is COC(=O)C1c2ccc(OCc3cc(OC)ccc3OC)cc2CCN1C(=O)OCC(C)C. The van der Waals surface area contributed by atoms with Crippen molar-refractivity contribution in [2.24, 2.45) is 5.92 Å². The first-order chi connectivity index (χ1) is 15.9. The minimum Gasteiger partial charge on any atom is -0.497 e. The van der Waals surface area contributed by atoms with Crippen LogP contribution >= 0.6 is 0 Å². The molecule has 0 saturated carbocycles. The zero-order chi connectivity index (χ0) is 24.0. The Morgan fingerprint density at radius 1 is 1.03 bits per heavy atom. The quantitative estimate of drug-likeness (QED) is 0.551. The Morgan fingerprint density at radius 2 is 1.79 bits per heavy atom. The molecule has 8 heteroatoms. The van der Waals surface area contributed by atoms with E-state index in [0.29, 0.717) is 35.8 Å². The van der Waals surface area contributed by atoms with Crippen LogP contribution in [0.3, 0.4) is 0 Å². The molecule has 0 spiro atoms. The molecule has 2 aromatic rings. The molecule has 2 aromatic carbocycles. The van der Waals surface area contributed by atoms with Gasteiger partial charge in [-0.1, -0.05) is 19.9 Å². The van der Waals surface area contributed by atoms with Crippen LogP contribution in [0, 0.1) is 5.92 Å². The highest BCUT2D eigenvalue weighted by Crippen LogP contribution is 2.34. The first-order valence-electron chi connectivity index (χ1n) is 10.9. The molecule has 0 aliphatic carbocycles. The van der Waals surface area contributed by atoms with Gasteiger partial charge in [0.15, 0.2) is 6.04 Å². The number of hydrogen-bond acceptors (Lipinski definition) is 7. The Kier molecular flexibility index (Phi) is 8.03. The summed E-state index contributed by atoms with van der Waals surface area (Å²) in [4.78, 5) is 26.6. The molecule has 0 fully saturated rings. The molecule has 0 bridgehead atoms. The van der Waals surface area contributed by atoms with Crippen LogP contribution in [0.25, 0.3) is 0 Å². The van der Waals surface area contributed by atoms with Gasteiger partial charge in [0.2, 0.25) is 0 Å². The minimum atomic E-state index is -0.856. The van der Waals surface area contributed by atoms with Crippen molar-refractivity contribution >= 4 is 12.1 Å². The molecule has 1 aliphatic heterocycles. The van der Waals surface area contributed by atoms with E-state index in [9.17, 15) is 9.59 Å². The van der Waals surface area contributed by atoms with Crippen molar-refractivity contribution in [2.45, 2.75) is 32.9 Å². The summed E-state index contributed by atoms with van der Waals surface area (Å²) in [5.74, 6) is 1.76. The number of amides is 1. The normalized spacial score (nSPS) is 15.0. The lowest BCUT2D eigenvalue weighted by molar-refractivity contribution is -0.147. The molecule has 178 valence electrons. The van der Waals surface area contributed by atoms with Gasteiger partial charge < -0.3 is 23.7 Å². The van der Waals surface area contributed by atoms with E-state index in [1.165, 1.54) is 12.0 Å². The highest BCUT2D eigenvalue weighted by atomic mass is 16.6. The lowest BCUT2D eigenvalue weighted by atomic mass is 9.92. The Morgan fingerprint density at radius 3 is 2.45 bits per heavy atom. The van der Waals surface area contributed by atoms with Gasteiger partial charge in [0.05, 0.1) is 27.9 Å². The number of carbonyl (C=O) groups is 2. The maximum absolute atomic E-state index is 12.6. The van der Waals surface area contributed by atoms with Gasteiger partial charge in [-0.15, -0.1) is 0 Å². The van der Waals surface area contributed by atoms with Gasteiger partial charge in [0, 0.05) is 12.1 Å². The van der Waals surface area contributed by atoms with Crippen molar-refractivity contribution in [1.29, 1.82) is 0 Å². The third-order valence-corrected chi connectivity index (χ3v) is 5.42. The maximum atomic E-state index is 12.6. The first kappa shape index (κ1) is 24.2. The molecule has 1 atom stereocenters. The number of esters is 1. The van der Waals surface area contributed by atoms with Crippen LogP contribution < -0.4 is 14.2 Å². The Bertz CT molecular complexity index is 989. The fourth-order valence-corrected chi connectivity index (χ4v) is 3.73. The number of ether oxygens (including phenoxy) is 5. The summed E-state index contributed by atoms with van der Waals surface area (Å²) in [6, 6.07) is 10.1. The molecule has 0 aromatic heterocycles. The second-order valence-corrected chi connectivity index (χ2v) is 8.17. The summed E-state index contributed by atoms with van der Waals surface area (Å²) in [6.07, 6.45) is 0.0504. The zero-order valence-electron chi connectivity index (χ0n) is 19.8. The van der Waals surface area contributed by atoms with Crippen LogP contribution in [0.15, 0.2) is 36.4 Å². The number of benzene rings is 2. The van der Waals surface area contributed by atoms with Crippen LogP contribution in [0.1, 0.15) is 36.6 Å². The van der Waals surface area contributed by atoms with Gasteiger partial charge in [-0.3, -0.25) is 4.90 Å². The van der Waals surface area contributed by atoms with Crippen molar-refractivity contribution in [1.82, 2.24) is 4.90 Å². The number of rotatable bonds is 8. The van der Waals surface area contributed by atoms with E-state index in [1.807, 2.05) is 38.1 Å². The lowest BCUT2D eigenvalue weighted by Crippen LogP contribution is -2.44. The molecule has 1 amide bonds. The monoisotopic (exact) mass is 457 g/mol. The molecule has 1 heterocycles. The first-order valence-corrected chi connectivity index (χ1v) is 10.9. The van der Waals surface area contributed by atoms with Crippen LogP contribution in [0.4, 0.5) is 4.79 Å². The molecule has 3 rings (SSSR count). The van der Waals surface area contributed by atoms with E-state index in [2.05, 4.69) is 0 Å². The Labute approximate surface area is 194 Å². The maximum Gasteiger partial charge on any atom is 0.410 e. The summed E-state index contributed by atoms with van der Waals surface area (Å²) in [6.45, 7) is 4.83. The lowest BCUT2D eigenvalue weighted by Gasteiger charge is -2.35. The van der Waals surface area contributed by atoms with E-state index in [0.717, 1.165) is 11.1 Å².